The topological polar surface area (TPSA) is 27.6 Å². The molecule has 0 aromatic heterocycles. The van der Waals surface area contributed by atoms with Gasteiger partial charge in [0.1, 0.15) is 0 Å². The van der Waals surface area contributed by atoms with E-state index in [1.54, 1.807) is 18.5 Å². The van der Waals surface area contributed by atoms with Crippen LogP contribution < -0.4 is 5.43 Å². The quantitative estimate of drug-likeness (QED) is 0.528. The van der Waals surface area contributed by atoms with Gasteiger partial charge in [-0.05, 0) is 6.08 Å². The van der Waals surface area contributed by atoms with Crippen molar-refractivity contribution in [1.29, 1.82) is 0 Å². The minimum atomic E-state index is 1.44. The standard InChI is InChI=1S/C3H4BrN3/c4-7-5-2-1-3-6-7/h1-3,5H. The van der Waals surface area contributed by atoms with Gasteiger partial charge in [0.05, 0.1) is 22.4 Å². The molecule has 0 aromatic carbocycles. The first-order chi connectivity index (χ1) is 3.39. The lowest BCUT2D eigenvalue weighted by atomic mass is 10.7. The molecule has 0 saturated carbocycles. The number of hydrazone groups is 1. The van der Waals surface area contributed by atoms with Gasteiger partial charge in [-0.3, -0.25) is 5.43 Å². The highest BCUT2D eigenvalue weighted by Crippen LogP contribution is 1.93. The second-order valence-corrected chi connectivity index (χ2v) is 1.68. The Labute approximate surface area is 50.0 Å². The van der Waals surface area contributed by atoms with Crippen LogP contribution in [-0.2, 0) is 0 Å². The molecule has 0 aliphatic carbocycles. The molecular weight excluding hydrogens is 158 g/mol. The van der Waals surface area contributed by atoms with Crippen molar-refractivity contribution in [2.75, 3.05) is 0 Å². The molecule has 0 atom stereocenters. The van der Waals surface area contributed by atoms with Crippen LogP contribution in [0.1, 0.15) is 0 Å². The molecule has 1 aliphatic heterocycles. The first-order valence-electron chi connectivity index (χ1n) is 1.81. The summed E-state index contributed by atoms with van der Waals surface area (Å²) in [4.78, 5) is 0. The van der Waals surface area contributed by atoms with Crippen LogP contribution in [0.15, 0.2) is 17.4 Å². The van der Waals surface area contributed by atoms with Gasteiger partial charge in [-0.1, -0.05) is 0 Å². The van der Waals surface area contributed by atoms with Crippen LogP contribution in [0.3, 0.4) is 0 Å². The van der Waals surface area contributed by atoms with Crippen LogP contribution in [0.5, 0.6) is 0 Å². The molecule has 0 saturated heterocycles. The summed E-state index contributed by atoms with van der Waals surface area (Å²) in [6.07, 6.45) is 5.24. The Morgan fingerprint density at radius 3 is 2.86 bits per heavy atom. The maximum atomic E-state index is 3.76. The van der Waals surface area contributed by atoms with E-state index in [2.05, 4.69) is 26.7 Å². The van der Waals surface area contributed by atoms with Crippen molar-refractivity contribution >= 4 is 22.4 Å². The van der Waals surface area contributed by atoms with Gasteiger partial charge < -0.3 is 0 Å². The summed E-state index contributed by atoms with van der Waals surface area (Å²) in [6.45, 7) is 0. The molecule has 0 radical (unpaired) electrons. The van der Waals surface area contributed by atoms with E-state index in [0.29, 0.717) is 0 Å². The Morgan fingerprint density at radius 2 is 2.57 bits per heavy atom. The highest BCUT2D eigenvalue weighted by Gasteiger charge is 1.87. The minimum absolute atomic E-state index is 1.44. The van der Waals surface area contributed by atoms with Crippen LogP contribution in [0.4, 0.5) is 0 Å². The first-order valence-corrected chi connectivity index (χ1v) is 2.52. The highest BCUT2D eigenvalue weighted by molar-refractivity contribution is 9.07. The molecule has 1 rings (SSSR count). The summed E-state index contributed by atoms with van der Waals surface area (Å²) in [5, 5.41) is 3.76. The van der Waals surface area contributed by atoms with Crippen LogP contribution >= 0.6 is 16.1 Å². The third-order valence-electron chi connectivity index (χ3n) is 0.531. The average Bonchev–Trinajstić information content (AvgIpc) is 1.69. The third kappa shape index (κ3) is 1.19. The van der Waals surface area contributed by atoms with Crippen molar-refractivity contribution in [3.05, 3.63) is 12.3 Å². The smallest absolute Gasteiger partial charge is 0.0970 e. The molecule has 0 aromatic rings. The zero-order valence-electron chi connectivity index (χ0n) is 3.50. The maximum absolute atomic E-state index is 3.76. The molecule has 38 valence electrons. The van der Waals surface area contributed by atoms with Gasteiger partial charge >= 0.3 is 0 Å². The first kappa shape index (κ1) is 4.64. The van der Waals surface area contributed by atoms with Crippen LogP contribution in [0.25, 0.3) is 0 Å². The predicted octanol–water partition coefficient (Wildman–Crippen LogP) is 0.616. The van der Waals surface area contributed by atoms with E-state index in [1.165, 1.54) is 4.14 Å². The van der Waals surface area contributed by atoms with E-state index in [4.69, 9.17) is 0 Å². The van der Waals surface area contributed by atoms with Crippen molar-refractivity contribution in [2.45, 2.75) is 0 Å². The maximum Gasteiger partial charge on any atom is 0.0970 e. The zero-order chi connectivity index (χ0) is 5.11. The zero-order valence-corrected chi connectivity index (χ0v) is 5.09. The molecule has 1 N–H and O–H groups in total. The lowest BCUT2D eigenvalue weighted by Crippen LogP contribution is -2.20. The molecule has 0 bridgehead atoms. The molecule has 4 heteroatoms. The monoisotopic (exact) mass is 161 g/mol. The number of hydrazine groups is 1. The van der Waals surface area contributed by atoms with Gasteiger partial charge in [0.2, 0.25) is 0 Å². The molecule has 1 heterocycles. The van der Waals surface area contributed by atoms with Crippen molar-refractivity contribution < 1.29 is 0 Å². The Balaban J connectivity index is 2.49. The molecule has 0 amide bonds. The van der Waals surface area contributed by atoms with E-state index < -0.39 is 0 Å². The van der Waals surface area contributed by atoms with Gasteiger partial charge in [-0.15, -0.1) is 4.14 Å². The number of nitrogens with one attached hydrogen (secondary N) is 1. The fourth-order valence-electron chi connectivity index (χ4n) is 0.278. The largest absolute Gasteiger partial charge is 0.279 e. The van der Waals surface area contributed by atoms with Gasteiger partial charge in [0.15, 0.2) is 0 Å². The van der Waals surface area contributed by atoms with Gasteiger partial charge in [-0.2, -0.15) is 5.10 Å². The van der Waals surface area contributed by atoms with Crippen molar-refractivity contribution in [2.24, 2.45) is 5.10 Å². The van der Waals surface area contributed by atoms with Crippen LogP contribution in [-0.4, -0.2) is 10.4 Å². The summed E-state index contributed by atoms with van der Waals surface area (Å²) >= 11 is 3.06. The lowest BCUT2D eigenvalue weighted by molar-refractivity contribution is 0.449. The molecule has 0 fully saturated rings. The lowest BCUT2D eigenvalue weighted by Gasteiger charge is -2.09. The van der Waals surface area contributed by atoms with Crippen molar-refractivity contribution in [3.63, 3.8) is 0 Å². The van der Waals surface area contributed by atoms with Crippen LogP contribution in [0.2, 0.25) is 0 Å². The van der Waals surface area contributed by atoms with Crippen molar-refractivity contribution in [1.82, 2.24) is 9.57 Å². The number of halogens is 1. The number of hydrogen-bond acceptors (Lipinski definition) is 3. The summed E-state index contributed by atoms with van der Waals surface area (Å²) in [5.41, 5.74) is 2.75. The molecule has 1 aliphatic rings. The van der Waals surface area contributed by atoms with E-state index >= 15 is 0 Å². The minimum Gasteiger partial charge on any atom is -0.279 e. The number of nitrogens with zero attached hydrogens (tertiary/aromatic N) is 2. The highest BCUT2D eigenvalue weighted by atomic mass is 79.9. The molecule has 0 unspecified atom stereocenters. The van der Waals surface area contributed by atoms with Gasteiger partial charge in [0.25, 0.3) is 0 Å². The van der Waals surface area contributed by atoms with Gasteiger partial charge in [0, 0.05) is 6.20 Å². The fourth-order valence-corrected chi connectivity index (χ4v) is 0.502. The summed E-state index contributed by atoms with van der Waals surface area (Å²) in [7, 11) is 0. The van der Waals surface area contributed by atoms with Crippen LogP contribution in [0, 0.1) is 0 Å². The third-order valence-corrected chi connectivity index (χ3v) is 0.919. The molecule has 7 heavy (non-hydrogen) atoms. The Morgan fingerprint density at radius 1 is 1.71 bits per heavy atom. The summed E-state index contributed by atoms with van der Waals surface area (Å²) in [6, 6.07) is 0. The van der Waals surface area contributed by atoms with Gasteiger partial charge in [-0.25, -0.2) is 0 Å². The van der Waals surface area contributed by atoms with E-state index in [-0.39, 0.29) is 0 Å². The Bertz CT molecular complexity index is 109. The Hall–Kier alpha value is -0.510. The molecular formula is C3H4BrN3. The fraction of sp³-hybridized carbons (Fsp3) is 0. The van der Waals surface area contributed by atoms with E-state index in [0.717, 1.165) is 0 Å². The molecule has 0 spiro atoms. The SMILES string of the molecule is BrN1N=CC=CN1. The second kappa shape index (κ2) is 1.97. The second-order valence-electron chi connectivity index (χ2n) is 1.01. The number of rotatable bonds is 0. The normalized spacial score (nSPS) is 17.0. The number of allylic oxidation sites excluding steroid dienone is 1. The van der Waals surface area contributed by atoms with E-state index in [1.807, 2.05) is 0 Å². The van der Waals surface area contributed by atoms with Crippen molar-refractivity contribution in [3.8, 4) is 0 Å². The number of hydrogen-bond donors (Lipinski definition) is 1. The Kier molecular flexibility index (Phi) is 1.31. The summed E-state index contributed by atoms with van der Waals surface area (Å²) < 4.78 is 1.44. The average molecular weight is 162 g/mol. The van der Waals surface area contributed by atoms with E-state index in [9.17, 15) is 0 Å². The molecule has 3 nitrogen and oxygen atoms in total. The summed E-state index contributed by atoms with van der Waals surface area (Å²) in [5.74, 6) is 0. The predicted molar refractivity (Wildman–Crippen MR) is 31.5 cm³/mol.